The molecular weight excluding hydrogens is 551 g/mol. The van der Waals surface area contributed by atoms with Crippen molar-refractivity contribution >= 4 is 46.1 Å². The molecule has 0 bridgehead atoms. The Morgan fingerprint density at radius 3 is 2.15 bits per heavy atom. The lowest BCUT2D eigenvalue weighted by atomic mass is 10.0. The predicted molar refractivity (Wildman–Crippen MR) is 170 cm³/mol. The third-order valence-electron chi connectivity index (χ3n) is 7.55. The number of nitrogens with zero attached hydrogens (tertiary/aromatic N) is 5. The number of hydrogen-bond donors (Lipinski definition) is 0. The van der Waals surface area contributed by atoms with Crippen molar-refractivity contribution in [3.8, 4) is 6.07 Å². The molecule has 0 radical (unpaired) electrons. The van der Waals surface area contributed by atoms with Crippen molar-refractivity contribution in [3.05, 3.63) is 104 Å². The van der Waals surface area contributed by atoms with Gasteiger partial charge in [0.2, 0.25) is 0 Å². The highest BCUT2D eigenvalue weighted by Gasteiger charge is 2.33. The average molecular weight is 584 g/mol. The number of thioether (sulfide) groups is 1. The number of piperazine rings is 1. The molecule has 41 heavy (non-hydrogen) atoms. The highest BCUT2D eigenvalue weighted by Crippen LogP contribution is 2.37. The molecule has 1 amide bonds. The molecule has 0 N–H and O–H groups in total. The van der Waals surface area contributed by atoms with E-state index in [4.69, 9.17) is 12.2 Å². The largest absolute Gasteiger partial charge is 0.355 e. The number of rotatable bonds is 8. The van der Waals surface area contributed by atoms with Crippen LogP contribution in [0.1, 0.15) is 41.2 Å². The van der Waals surface area contributed by atoms with Gasteiger partial charge in [-0.1, -0.05) is 91.6 Å². The number of thiocarbonyl (C=S) groups is 1. The van der Waals surface area contributed by atoms with Crippen molar-refractivity contribution in [2.45, 2.75) is 39.9 Å². The molecule has 5 rings (SSSR count). The van der Waals surface area contributed by atoms with Gasteiger partial charge in [0.15, 0.2) is 0 Å². The number of amides is 1. The molecule has 0 spiro atoms. The molecule has 2 fully saturated rings. The number of benzene rings is 2. The van der Waals surface area contributed by atoms with Crippen molar-refractivity contribution in [2.24, 2.45) is 0 Å². The van der Waals surface area contributed by atoms with Crippen molar-refractivity contribution < 1.29 is 4.79 Å². The Bertz CT molecular complexity index is 1570. The second kappa shape index (κ2) is 12.9. The Hall–Kier alpha value is -3.71. The van der Waals surface area contributed by atoms with Crippen molar-refractivity contribution in [1.29, 1.82) is 5.26 Å². The lowest BCUT2D eigenvalue weighted by Gasteiger charge is -2.38. The van der Waals surface area contributed by atoms with Crippen molar-refractivity contribution in [3.63, 3.8) is 0 Å². The van der Waals surface area contributed by atoms with Crippen LogP contribution in [0.3, 0.4) is 0 Å². The summed E-state index contributed by atoms with van der Waals surface area (Å²) >= 11 is 6.88. The fourth-order valence-corrected chi connectivity index (χ4v) is 6.65. The first-order chi connectivity index (χ1) is 19.9. The summed E-state index contributed by atoms with van der Waals surface area (Å²) in [5, 5.41) is 9.95. The molecule has 0 unspecified atom stereocenters. The Kier molecular flexibility index (Phi) is 9.03. The molecule has 7 nitrogen and oxygen atoms in total. The first-order valence-electron chi connectivity index (χ1n) is 13.9. The highest BCUT2D eigenvalue weighted by molar-refractivity contribution is 8.26. The maximum Gasteiger partial charge on any atom is 0.270 e. The lowest BCUT2D eigenvalue weighted by molar-refractivity contribution is -0.122. The van der Waals surface area contributed by atoms with Crippen molar-refractivity contribution in [2.75, 3.05) is 31.1 Å². The molecule has 1 aromatic heterocycles. The van der Waals surface area contributed by atoms with E-state index in [-0.39, 0.29) is 17.0 Å². The second-order valence-electron chi connectivity index (χ2n) is 10.3. The smallest absolute Gasteiger partial charge is 0.270 e. The van der Waals surface area contributed by atoms with E-state index in [0.29, 0.717) is 27.9 Å². The van der Waals surface area contributed by atoms with Crippen LogP contribution in [-0.2, 0) is 24.4 Å². The minimum absolute atomic E-state index is 0.121. The summed E-state index contributed by atoms with van der Waals surface area (Å²) in [5.41, 5.74) is 3.46. The molecule has 2 saturated heterocycles. The predicted octanol–water partition coefficient (Wildman–Crippen LogP) is 5.16. The molecular formula is C32H33N5O2S2. The van der Waals surface area contributed by atoms with Crippen molar-refractivity contribution in [1.82, 2.24) is 14.4 Å². The van der Waals surface area contributed by atoms with Crippen LogP contribution in [0.15, 0.2) is 70.4 Å². The lowest BCUT2D eigenvalue weighted by Crippen LogP contribution is -2.48. The van der Waals surface area contributed by atoms with Gasteiger partial charge in [0.25, 0.3) is 11.5 Å². The number of carbonyl (C=O) groups excluding carboxylic acids is 1. The molecule has 0 aliphatic carbocycles. The van der Waals surface area contributed by atoms with Gasteiger partial charge in [-0.05, 0) is 36.1 Å². The van der Waals surface area contributed by atoms with Crippen LogP contribution in [0.25, 0.3) is 6.08 Å². The first kappa shape index (κ1) is 28.8. The Morgan fingerprint density at radius 2 is 1.56 bits per heavy atom. The topological polar surface area (TPSA) is 72.6 Å². The second-order valence-corrected chi connectivity index (χ2v) is 12.0. The van der Waals surface area contributed by atoms with Gasteiger partial charge in [0.1, 0.15) is 21.8 Å². The Balaban J connectivity index is 1.50. The van der Waals surface area contributed by atoms with E-state index in [9.17, 15) is 14.9 Å². The van der Waals surface area contributed by atoms with Gasteiger partial charge in [0.05, 0.1) is 11.4 Å². The number of hydrogen-bond acceptors (Lipinski definition) is 7. The molecule has 2 aliphatic rings. The van der Waals surface area contributed by atoms with Gasteiger partial charge in [-0.3, -0.25) is 24.0 Å². The van der Waals surface area contributed by atoms with Gasteiger partial charge < -0.3 is 4.90 Å². The van der Waals surface area contributed by atoms with E-state index < -0.39 is 0 Å². The molecule has 2 aliphatic heterocycles. The number of pyridine rings is 1. The third kappa shape index (κ3) is 6.15. The maximum absolute atomic E-state index is 13.6. The van der Waals surface area contributed by atoms with Crippen LogP contribution in [0.2, 0.25) is 0 Å². The van der Waals surface area contributed by atoms with E-state index in [1.165, 1.54) is 17.3 Å². The number of carbonyl (C=O) groups is 1. The van der Waals surface area contributed by atoms with Crippen LogP contribution in [-0.4, -0.2) is 50.8 Å². The summed E-state index contributed by atoms with van der Waals surface area (Å²) in [5.74, 6) is 0.620. The first-order valence-corrected chi connectivity index (χ1v) is 15.1. The molecule has 0 saturated carbocycles. The minimum Gasteiger partial charge on any atom is -0.355 e. The molecule has 0 atom stereocenters. The highest BCUT2D eigenvalue weighted by atomic mass is 32.2. The van der Waals surface area contributed by atoms with Crippen LogP contribution >= 0.6 is 24.0 Å². The van der Waals surface area contributed by atoms with E-state index >= 15 is 0 Å². The third-order valence-corrected chi connectivity index (χ3v) is 8.92. The van der Waals surface area contributed by atoms with Crippen LogP contribution in [0, 0.1) is 18.3 Å². The monoisotopic (exact) mass is 583 g/mol. The summed E-state index contributed by atoms with van der Waals surface area (Å²) in [4.78, 5) is 33.9. The summed E-state index contributed by atoms with van der Waals surface area (Å²) in [7, 11) is 0. The van der Waals surface area contributed by atoms with E-state index in [1.54, 1.807) is 9.47 Å². The van der Waals surface area contributed by atoms with Gasteiger partial charge in [-0.2, -0.15) is 5.26 Å². The zero-order valence-electron chi connectivity index (χ0n) is 23.4. The molecule has 2 aromatic carbocycles. The average Bonchev–Trinajstić information content (AvgIpc) is 3.25. The summed E-state index contributed by atoms with van der Waals surface area (Å²) < 4.78 is 2.23. The molecule has 210 valence electrons. The summed E-state index contributed by atoms with van der Waals surface area (Å²) in [6, 6.07) is 22.3. The fraction of sp³-hybridized carbons (Fsp3) is 0.312. The fourth-order valence-electron chi connectivity index (χ4n) is 5.41. The normalized spacial score (nSPS) is 17.0. The Labute approximate surface area is 250 Å². The summed E-state index contributed by atoms with van der Waals surface area (Å²) in [6.07, 6.45) is 2.59. The van der Waals surface area contributed by atoms with Gasteiger partial charge in [0, 0.05) is 44.8 Å². The van der Waals surface area contributed by atoms with Crippen LogP contribution in [0.5, 0.6) is 0 Å². The van der Waals surface area contributed by atoms with E-state index in [1.807, 2.05) is 56.3 Å². The molecule has 3 heterocycles. The molecule has 3 aromatic rings. The van der Waals surface area contributed by atoms with Gasteiger partial charge in [-0.15, -0.1) is 0 Å². The maximum atomic E-state index is 13.6. The standard InChI is InChI=1S/C32H33N5O2S2/c1-3-14-36-29(35-17-15-34(16-18-35)21-24-10-6-4-7-11-24)26(23(2)27(20-33)30(36)38)19-28-31(39)37(32(40)41-28)22-25-12-8-5-9-13-25/h4-13,19H,3,14-18,21-22H2,1-2H3/b28-19+. The van der Waals surface area contributed by atoms with Gasteiger partial charge in [-0.25, -0.2) is 0 Å². The Morgan fingerprint density at radius 1 is 0.951 bits per heavy atom. The van der Waals surface area contributed by atoms with Gasteiger partial charge >= 0.3 is 0 Å². The summed E-state index contributed by atoms with van der Waals surface area (Å²) in [6.45, 7) is 8.74. The van der Waals surface area contributed by atoms with Crippen LogP contribution in [0.4, 0.5) is 5.82 Å². The number of nitriles is 1. The quantitative estimate of drug-likeness (QED) is 0.268. The molecule has 9 heteroatoms. The van der Waals surface area contributed by atoms with Crippen LogP contribution < -0.4 is 10.5 Å². The number of aromatic nitrogens is 1. The zero-order chi connectivity index (χ0) is 28.9. The number of anilines is 1. The van der Waals surface area contributed by atoms with E-state index in [2.05, 4.69) is 40.1 Å². The minimum atomic E-state index is -0.276. The zero-order valence-corrected chi connectivity index (χ0v) is 25.0. The van der Waals surface area contributed by atoms with E-state index in [0.717, 1.165) is 56.1 Å². The SMILES string of the molecule is CCCn1c(N2CCN(Cc3ccccc3)CC2)c(/C=C2/SC(=S)N(Cc3ccccc3)C2=O)c(C)c(C#N)c1=O.